The zero-order chi connectivity index (χ0) is 14.0. The van der Waals surface area contributed by atoms with E-state index in [9.17, 15) is 4.79 Å². The molecule has 0 N–H and O–H groups in total. The maximum Gasteiger partial charge on any atom is 0.137 e. The Morgan fingerprint density at radius 1 is 1.53 bits per heavy atom. The van der Waals surface area contributed by atoms with Gasteiger partial charge in [0.05, 0.1) is 11.2 Å². The van der Waals surface area contributed by atoms with Gasteiger partial charge in [0.2, 0.25) is 0 Å². The van der Waals surface area contributed by atoms with E-state index in [2.05, 4.69) is 37.7 Å². The second-order valence-electron chi connectivity index (χ2n) is 6.59. The summed E-state index contributed by atoms with van der Waals surface area (Å²) >= 11 is 1.70. The fraction of sp³-hybridized carbons (Fsp3) is 0.733. The number of aromatic nitrogens is 1. The van der Waals surface area contributed by atoms with Crippen molar-refractivity contribution in [3.05, 3.63) is 16.1 Å². The van der Waals surface area contributed by atoms with Crippen LogP contribution in [0, 0.1) is 18.3 Å². The average molecular weight is 280 g/mol. The summed E-state index contributed by atoms with van der Waals surface area (Å²) in [5, 5.41) is 0. The molecule has 0 spiro atoms. The van der Waals surface area contributed by atoms with Crippen LogP contribution in [-0.4, -0.2) is 29.3 Å². The van der Waals surface area contributed by atoms with E-state index in [0.717, 1.165) is 38.0 Å². The third kappa shape index (κ3) is 3.86. The first-order chi connectivity index (χ1) is 8.87. The van der Waals surface area contributed by atoms with Gasteiger partial charge in [-0.2, -0.15) is 0 Å². The second-order valence-corrected chi connectivity index (χ2v) is 7.53. The third-order valence-corrected chi connectivity index (χ3v) is 5.01. The molecule has 1 atom stereocenters. The van der Waals surface area contributed by atoms with Crippen molar-refractivity contribution in [1.29, 1.82) is 0 Å². The molecule has 0 aliphatic heterocycles. The van der Waals surface area contributed by atoms with E-state index in [1.54, 1.807) is 11.3 Å². The van der Waals surface area contributed by atoms with E-state index in [1.165, 1.54) is 4.88 Å². The summed E-state index contributed by atoms with van der Waals surface area (Å²) in [5.41, 5.74) is 3.33. The number of carbonyl (C=O) groups excluding carboxylic acids is 1. The summed E-state index contributed by atoms with van der Waals surface area (Å²) in [5.74, 6) is 0.661. The molecular formula is C15H24N2OS. The van der Waals surface area contributed by atoms with E-state index in [0.29, 0.717) is 11.2 Å². The van der Waals surface area contributed by atoms with Crippen LogP contribution in [0.25, 0.3) is 0 Å². The van der Waals surface area contributed by atoms with Gasteiger partial charge in [-0.1, -0.05) is 13.8 Å². The molecular weight excluding hydrogens is 256 g/mol. The number of hydrogen-bond acceptors (Lipinski definition) is 4. The van der Waals surface area contributed by atoms with Crippen molar-refractivity contribution in [3.8, 4) is 0 Å². The molecule has 0 amide bonds. The SMILES string of the molecule is Cc1ncsc1CN(C)CC1CC(C)(C)CCC1=O. The molecule has 1 saturated carbocycles. The maximum absolute atomic E-state index is 12.1. The molecule has 1 unspecified atom stereocenters. The van der Waals surface area contributed by atoms with Gasteiger partial charge in [0.15, 0.2) is 0 Å². The van der Waals surface area contributed by atoms with Gasteiger partial charge in [0.1, 0.15) is 5.78 Å². The summed E-state index contributed by atoms with van der Waals surface area (Å²) < 4.78 is 0. The monoisotopic (exact) mass is 280 g/mol. The molecule has 0 bridgehead atoms. The first kappa shape index (κ1) is 14.7. The number of Topliss-reactive ketones (excluding diaryl/α,β-unsaturated/α-hetero) is 1. The molecule has 2 rings (SSSR count). The van der Waals surface area contributed by atoms with Crippen LogP contribution < -0.4 is 0 Å². The van der Waals surface area contributed by atoms with Crippen LogP contribution in [0.5, 0.6) is 0 Å². The number of carbonyl (C=O) groups is 1. The molecule has 0 radical (unpaired) electrons. The van der Waals surface area contributed by atoms with E-state index < -0.39 is 0 Å². The highest BCUT2D eigenvalue weighted by atomic mass is 32.1. The highest BCUT2D eigenvalue weighted by Gasteiger charge is 2.33. The minimum atomic E-state index is 0.210. The Labute approximate surface area is 120 Å². The molecule has 3 nitrogen and oxygen atoms in total. The van der Waals surface area contributed by atoms with Gasteiger partial charge in [0.25, 0.3) is 0 Å². The number of nitrogens with zero attached hydrogens (tertiary/aromatic N) is 2. The lowest BCUT2D eigenvalue weighted by molar-refractivity contribution is -0.127. The quantitative estimate of drug-likeness (QED) is 0.848. The van der Waals surface area contributed by atoms with Gasteiger partial charge in [0, 0.05) is 30.3 Å². The molecule has 0 saturated heterocycles. The van der Waals surface area contributed by atoms with Crippen molar-refractivity contribution in [2.45, 2.75) is 46.6 Å². The number of rotatable bonds is 4. The second kappa shape index (κ2) is 5.71. The lowest BCUT2D eigenvalue weighted by Crippen LogP contribution is -2.37. The fourth-order valence-corrected chi connectivity index (χ4v) is 3.74. The minimum Gasteiger partial charge on any atom is -0.301 e. The Morgan fingerprint density at radius 3 is 2.89 bits per heavy atom. The zero-order valence-electron chi connectivity index (χ0n) is 12.4. The maximum atomic E-state index is 12.1. The first-order valence-electron chi connectivity index (χ1n) is 6.97. The first-order valence-corrected chi connectivity index (χ1v) is 7.85. The van der Waals surface area contributed by atoms with Gasteiger partial charge in [-0.25, -0.2) is 4.98 Å². The number of hydrogen-bond donors (Lipinski definition) is 0. The molecule has 1 aromatic heterocycles. The number of aryl methyl sites for hydroxylation is 1. The molecule has 4 heteroatoms. The van der Waals surface area contributed by atoms with Crippen LogP contribution in [0.1, 0.15) is 43.7 Å². The lowest BCUT2D eigenvalue weighted by atomic mass is 9.71. The molecule has 1 heterocycles. The summed E-state index contributed by atoms with van der Waals surface area (Å²) in [7, 11) is 2.11. The van der Waals surface area contributed by atoms with Crippen molar-refractivity contribution in [3.63, 3.8) is 0 Å². The topological polar surface area (TPSA) is 33.2 Å². The van der Waals surface area contributed by atoms with Gasteiger partial charge in [-0.3, -0.25) is 4.79 Å². The Bertz CT molecular complexity index is 453. The smallest absolute Gasteiger partial charge is 0.137 e. The standard InChI is InChI=1S/C15H24N2OS/c1-11-14(19-10-16-11)9-17(4)8-12-7-15(2,3)6-5-13(12)18/h10,12H,5-9H2,1-4H3. The van der Waals surface area contributed by atoms with Crippen molar-refractivity contribution in [2.24, 2.45) is 11.3 Å². The Morgan fingerprint density at radius 2 is 2.26 bits per heavy atom. The van der Waals surface area contributed by atoms with Gasteiger partial charge < -0.3 is 4.90 Å². The van der Waals surface area contributed by atoms with Crippen LogP contribution >= 0.6 is 11.3 Å². The Kier molecular flexibility index (Phi) is 4.41. The largest absolute Gasteiger partial charge is 0.301 e. The Balaban J connectivity index is 1.92. The molecule has 1 aromatic rings. The van der Waals surface area contributed by atoms with E-state index >= 15 is 0 Å². The zero-order valence-corrected chi connectivity index (χ0v) is 13.2. The van der Waals surface area contributed by atoms with E-state index in [4.69, 9.17) is 0 Å². The van der Waals surface area contributed by atoms with Crippen molar-refractivity contribution >= 4 is 17.1 Å². The minimum absolute atomic E-state index is 0.210. The van der Waals surface area contributed by atoms with Gasteiger partial charge in [-0.15, -0.1) is 11.3 Å². The summed E-state index contributed by atoms with van der Waals surface area (Å²) in [6, 6.07) is 0. The van der Waals surface area contributed by atoms with Gasteiger partial charge in [-0.05, 0) is 32.2 Å². The van der Waals surface area contributed by atoms with Crippen molar-refractivity contribution in [2.75, 3.05) is 13.6 Å². The van der Waals surface area contributed by atoms with Crippen LogP contribution in [0.2, 0.25) is 0 Å². The lowest BCUT2D eigenvalue weighted by Gasteiger charge is -2.35. The van der Waals surface area contributed by atoms with Gasteiger partial charge >= 0.3 is 0 Å². The van der Waals surface area contributed by atoms with Crippen molar-refractivity contribution < 1.29 is 4.79 Å². The highest BCUT2D eigenvalue weighted by molar-refractivity contribution is 7.09. The summed E-state index contributed by atoms with van der Waals surface area (Å²) in [6.45, 7) is 8.38. The molecule has 1 aliphatic carbocycles. The normalized spacial score (nSPS) is 23.0. The molecule has 106 valence electrons. The van der Waals surface area contributed by atoms with Crippen molar-refractivity contribution in [1.82, 2.24) is 9.88 Å². The van der Waals surface area contributed by atoms with Crippen LogP contribution in [0.3, 0.4) is 0 Å². The summed E-state index contributed by atoms with van der Waals surface area (Å²) in [6.07, 6.45) is 2.82. The van der Waals surface area contributed by atoms with E-state index in [-0.39, 0.29) is 5.92 Å². The molecule has 19 heavy (non-hydrogen) atoms. The van der Waals surface area contributed by atoms with Crippen LogP contribution in [0.15, 0.2) is 5.51 Å². The van der Waals surface area contributed by atoms with Crippen LogP contribution in [-0.2, 0) is 11.3 Å². The van der Waals surface area contributed by atoms with Crippen LogP contribution in [0.4, 0.5) is 0 Å². The van der Waals surface area contributed by atoms with E-state index in [1.807, 2.05) is 5.51 Å². The summed E-state index contributed by atoms with van der Waals surface area (Å²) in [4.78, 5) is 19.9. The molecule has 1 aliphatic rings. The fourth-order valence-electron chi connectivity index (χ4n) is 2.88. The predicted octanol–water partition coefficient (Wildman–Crippen LogP) is 3.28. The highest BCUT2D eigenvalue weighted by Crippen LogP contribution is 2.37. The molecule has 0 aromatic carbocycles. The Hall–Kier alpha value is -0.740. The molecule has 1 fully saturated rings. The number of ketones is 1. The number of thiazole rings is 1. The predicted molar refractivity (Wildman–Crippen MR) is 79.3 cm³/mol. The average Bonchev–Trinajstić information content (AvgIpc) is 2.69. The third-order valence-electron chi connectivity index (χ3n) is 4.09.